The first-order chi connectivity index (χ1) is 9.47. The number of rotatable bonds is 3. The number of fused-ring (bicyclic) bond motifs is 1. The van der Waals surface area contributed by atoms with Crippen molar-refractivity contribution in [1.29, 1.82) is 0 Å². The van der Waals surface area contributed by atoms with Crippen molar-refractivity contribution in [2.45, 2.75) is 5.92 Å². The number of benzene rings is 1. The van der Waals surface area contributed by atoms with Gasteiger partial charge >= 0.3 is 6.09 Å². The van der Waals surface area contributed by atoms with E-state index in [1.54, 1.807) is 12.1 Å². The number of halogens is 1. The van der Waals surface area contributed by atoms with Gasteiger partial charge in [-0.3, -0.25) is 5.32 Å². The van der Waals surface area contributed by atoms with Crippen LogP contribution in [0.2, 0.25) is 0 Å². The second kappa shape index (κ2) is 4.71. The highest BCUT2D eigenvalue weighted by molar-refractivity contribution is 5.82. The van der Waals surface area contributed by atoms with Crippen LogP contribution in [0.1, 0.15) is 11.5 Å². The molecule has 0 spiro atoms. The van der Waals surface area contributed by atoms with Gasteiger partial charge < -0.3 is 5.11 Å². The van der Waals surface area contributed by atoms with Gasteiger partial charge in [-0.05, 0) is 35.4 Å². The fourth-order valence-electron chi connectivity index (χ4n) is 3.29. The highest BCUT2D eigenvalue weighted by Crippen LogP contribution is 2.58. The predicted octanol–water partition coefficient (Wildman–Crippen LogP) is 2.04. The van der Waals surface area contributed by atoms with Crippen molar-refractivity contribution in [2.24, 2.45) is 11.8 Å². The Kier molecular flexibility index (Phi) is 3.14. The van der Waals surface area contributed by atoms with Gasteiger partial charge in [-0.25, -0.2) is 19.2 Å². The van der Waals surface area contributed by atoms with E-state index in [0.717, 1.165) is 13.1 Å². The molecule has 1 aliphatic heterocycles. The first kappa shape index (κ1) is 13.3. The first-order valence-electron chi connectivity index (χ1n) is 6.69. The smallest absolute Gasteiger partial charge is 0.409 e. The molecule has 1 aromatic carbocycles. The van der Waals surface area contributed by atoms with Gasteiger partial charge in [-0.2, -0.15) is 0 Å². The summed E-state index contributed by atoms with van der Waals surface area (Å²) in [6, 6.07) is 4.61. The largest absolute Gasteiger partial charge is 0.465 e. The van der Waals surface area contributed by atoms with Crippen molar-refractivity contribution < 1.29 is 14.3 Å². The zero-order valence-corrected chi connectivity index (χ0v) is 11.5. The molecular formula is C14H18FN3O2. The lowest BCUT2D eigenvalue weighted by atomic mass is 10.1. The number of carboxylic acid groups (broad SMARTS) is 1. The summed E-state index contributed by atoms with van der Waals surface area (Å²) in [5.74, 6) is 1.01. The number of hydrogen-bond donors (Lipinski definition) is 2. The average molecular weight is 279 g/mol. The summed E-state index contributed by atoms with van der Waals surface area (Å²) < 4.78 is 14.1. The van der Waals surface area contributed by atoms with Crippen LogP contribution in [0, 0.1) is 17.7 Å². The van der Waals surface area contributed by atoms with Crippen LogP contribution in [0.5, 0.6) is 0 Å². The Balaban J connectivity index is 1.70. The molecule has 0 radical (unpaired) electrons. The molecule has 2 fully saturated rings. The maximum atomic E-state index is 14.1. The summed E-state index contributed by atoms with van der Waals surface area (Å²) >= 11 is 0. The molecular weight excluding hydrogens is 261 g/mol. The van der Waals surface area contributed by atoms with Crippen molar-refractivity contribution in [3.05, 3.63) is 29.6 Å². The van der Waals surface area contributed by atoms with E-state index >= 15 is 0 Å². The van der Waals surface area contributed by atoms with E-state index < -0.39 is 6.09 Å². The van der Waals surface area contributed by atoms with Crippen LogP contribution in [0.15, 0.2) is 18.2 Å². The van der Waals surface area contributed by atoms with Crippen molar-refractivity contribution in [3.63, 3.8) is 0 Å². The SMILES string of the molecule is CN(C)N1C[C@@H]2C(c3ccc(NC(=O)O)cc3F)[C@@H]2C1. The van der Waals surface area contributed by atoms with E-state index in [1.807, 2.05) is 14.1 Å². The minimum atomic E-state index is -1.18. The van der Waals surface area contributed by atoms with Gasteiger partial charge in [0.15, 0.2) is 0 Å². The third-order valence-corrected chi connectivity index (χ3v) is 4.35. The Hall–Kier alpha value is -1.66. The number of amides is 1. The van der Waals surface area contributed by atoms with Crippen LogP contribution in [0.4, 0.5) is 14.9 Å². The Morgan fingerprint density at radius 2 is 2.05 bits per heavy atom. The standard InChI is InChI=1S/C14H18FN3O2/c1-17(2)18-6-10-11(7-18)13(10)9-4-3-8(5-12(9)15)16-14(19)20/h3-5,10-11,13,16H,6-7H2,1-2H3,(H,19,20)/t10-,11+,13?. The zero-order chi connectivity index (χ0) is 14.4. The third kappa shape index (κ3) is 2.25. The normalized spacial score (nSPS) is 28.5. The summed E-state index contributed by atoms with van der Waals surface area (Å²) in [4.78, 5) is 10.5. The lowest BCUT2D eigenvalue weighted by Crippen LogP contribution is -2.36. The van der Waals surface area contributed by atoms with Gasteiger partial charge in [-0.1, -0.05) is 6.07 Å². The second-order valence-electron chi connectivity index (χ2n) is 5.74. The molecule has 0 bridgehead atoms. The Bertz CT molecular complexity index is 537. The number of hydrogen-bond acceptors (Lipinski definition) is 3. The molecule has 2 N–H and O–H groups in total. The molecule has 1 heterocycles. The van der Waals surface area contributed by atoms with Gasteiger partial charge in [0.1, 0.15) is 5.82 Å². The van der Waals surface area contributed by atoms with Gasteiger partial charge in [0.25, 0.3) is 0 Å². The molecule has 1 amide bonds. The Morgan fingerprint density at radius 1 is 1.40 bits per heavy atom. The first-order valence-corrected chi connectivity index (χ1v) is 6.69. The lowest BCUT2D eigenvalue weighted by Gasteiger charge is -2.26. The lowest BCUT2D eigenvalue weighted by molar-refractivity contribution is 0.0378. The quantitative estimate of drug-likeness (QED) is 0.889. The van der Waals surface area contributed by atoms with Gasteiger partial charge in [0, 0.05) is 32.9 Å². The van der Waals surface area contributed by atoms with E-state index in [0.29, 0.717) is 17.4 Å². The van der Waals surface area contributed by atoms with E-state index in [4.69, 9.17) is 5.11 Å². The fourth-order valence-corrected chi connectivity index (χ4v) is 3.29. The molecule has 3 atom stereocenters. The summed E-state index contributed by atoms with van der Waals surface area (Å²) in [5.41, 5.74) is 0.994. The molecule has 6 heteroatoms. The van der Waals surface area contributed by atoms with Crippen LogP contribution in [-0.2, 0) is 0 Å². The molecule has 0 aromatic heterocycles. The number of carbonyl (C=O) groups is 1. The molecule has 20 heavy (non-hydrogen) atoms. The molecule has 1 saturated heterocycles. The topological polar surface area (TPSA) is 55.8 Å². The molecule has 108 valence electrons. The van der Waals surface area contributed by atoms with Crippen LogP contribution in [-0.4, -0.2) is 48.4 Å². The van der Waals surface area contributed by atoms with Crippen LogP contribution in [0.25, 0.3) is 0 Å². The third-order valence-electron chi connectivity index (χ3n) is 4.35. The zero-order valence-electron chi connectivity index (χ0n) is 11.5. The molecule has 1 unspecified atom stereocenters. The summed E-state index contributed by atoms with van der Waals surface area (Å²) in [6.07, 6.45) is -1.18. The van der Waals surface area contributed by atoms with Crippen LogP contribution >= 0.6 is 0 Å². The predicted molar refractivity (Wildman–Crippen MR) is 73.0 cm³/mol. The molecule has 3 rings (SSSR count). The van der Waals surface area contributed by atoms with Crippen molar-refractivity contribution >= 4 is 11.8 Å². The molecule has 2 aliphatic rings. The second-order valence-corrected chi connectivity index (χ2v) is 5.74. The van der Waals surface area contributed by atoms with E-state index in [9.17, 15) is 9.18 Å². The molecule has 1 aliphatic carbocycles. The maximum Gasteiger partial charge on any atom is 0.409 e. The van der Waals surface area contributed by atoms with Gasteiger partial charge in [-0.15, -0.1) is 0 Å². The van der Waals surface area contributed by atoms with Gasteiger partial charge in [0.05, 0.1) is 0 Å². The van der Waals surface area contributed by atoms with Crippen molar-refractivity contribution in [3.8, 4) is 0 Å². The maximum absolute atomic E-state index is 14.1. The highest BCUT2D eigenvalue weighted by Gasteiger charge is 2.57. The highest BCUT2D eigenvalue weighted by atomic mass is 19.1. The van der Waals surface area contributed by atoms with Gasteiger partial charge in [0.2, 0.25) is 0 Å². The van der Waals surface area contributed by atoms with E-state index in [2.05, 4.69) is 15.3 Å². The number of piperidine rings is 1. The van der Waals surface area contributed by atoms with Crippen LogP contribution in [0.3, 0.4) is 0 Å². The Labute approximate surface area is 117 Å². The number of hydrazine groups is 1. The molecule has 1 saturated carbocycles. The van der Waals surface area contributed by atoms with E-state index in [-0.39, 0.29) is 17.4 Å². The molecule has 5 nitrogen and oxygen atoms in total. The fraction of sp³-hybridized carbons (Fsp3) is 0.500. The minimum absolute atomic E-state index is 0.277. The molecule has 1 aromatic rings. The van der Waals surface area contributed by atoms with Crippen LogP contribution < -0.4 is 5.32 Å². The van der Waals surface area contributed by atoms with Crippen molar-refractivity contribution in [2.75, 3.05) is 32.5 Å². The summed E-state index contributed by atoms with van der Waals surface area (Å²) in [7, 11) is 4.04. The number of nitrogens with zero attached hydrogens (tertiary/aromatic N) is 2. The number of anilines is 1. The minimum Gasteiger partial charge on any atom is -0.465 e. The Morgan fingerprint density at radius 3 is 2.55 bits per heavy atom. The average Bonchev–Trinajstić information content (AvgIpc) is 2.82. The summed E-state index contributed by atoms with van der Waals surface area (Å²) in [6.45, 7) is 1.94. The monoisotopic (exact) mass is 279 g/mol. The summed E-state index contributed by atoms with van der Waals surface area (Å²) in [5, 5.41) is 15.1. The van der Waals surface area contributed by atoms with E-state index in [1.165, 1.54) is 6.07 Å². The van der Waals surface area contributed by atoms with Crippen molar-refractivity contribution in [1.82, 2.24) is 10.0 Å². The number of nitrogens with one attached hydrogen (secondary N) is 1.